The standard InChI is InChI=1S/C36H53N15O6/c1-48(23-30(54)49-10-12-50(13-11-49)36-44-20-24(19-37)21-45-36)22-29(53)43-8-15-56-17-16-55-14-6-28(52)42-7-2-3-9-51-34(40)31(33(38)39)32(47-51)25-4-5-27-26(18-25)46-35(41)57-27/h4-5,18,20-21H,2-3,6-17,19,22-23,37,40H2,1H3,(H3,38,39)(H2,41,46)(H,42,52)(H,43,53). The fraction of sp³-hybridized carbons (Fsp3) is 0.500. The Balaban J connectivity index is 0.854. The summed E-state index contributed by atoms with van der Waals surface area (Å²) < 4.78 is 18.0. The van der Waals surface area contributed by atoms with Gasteiger partial charge in [-0.1, -0.05) is 0 Å². The number of piperazine rings is 1. The van der Waals surface area contributed by atoms with Crippen LogP contribution in [0.5, 0.6) is 0 Å². The zero-order valence-corrected chi connectivity index (χ0v) is 32.2. The number of unbranched alkanes of at least 4 members (excludes halogenated alkanes) is 1. The minimum absolute atomic E-state index is 0.0371. The average molecular weight is 792 g/mol. The molecule has 1 saturated heterocycles. The van der Waals surface area contributed by atoms with Crippen molar-refractivity contribution in [3.05, 3.63) is 41.7 Å². The van der Waals surface area contributed by atoms with Gasteiger partial charge in [0, 0.05) is 82.3 Å². The highest BCUT2D eigenvalue weighted by Gasteiger charge is 2.24. The Hall–Kier alpha value is -5.90. The molecular formula is C36H53N15O6. The second kappa shape index (κ2) is 20.9. The number of carbonyl (C=O) groups excluding carboxylic acids is 3. The number of nitrogen functional groups attached to an aromatic ring is 3. The van der Waals surface area contributed by atoms with Gasteiger partial charge in [0.25, 0.3) is 6.01 Å². The lowest BCUT2D eigenvalue weighted by molar-refractivity contribution is -0.133. The van der Waals surface area contributed by atoms with Crippen molar-refractivity contribution in [3.63, 3.8) is 0 Å². The van der Waals surface area contributed by atoms with Gasteiger partial charge in [-0.15, -0.1) is 0 Å². The molecule has 1 aromatic carbocycles. The number of nitrogens with two attached hydrogens (primary N) is 4. The van der Waals surface area contributed by atoms with E-state index in [0.29, 0.717) is 119 Å². The Morgan fingerprint density at radius 2 is 1.67 bits per heavy atom. The van der Waals surface area contributed by atoms with Crippen LogP contribution in [0.2, 0.25) is 0 Å². The van der Waals surface area contributed by atoms with Crippen LogP contribution in [0.1, 0.15) is 30.4 Å². The number of nitrogens with one attached hydrogen (secondary N) is 3. The molecule has 5 rings (SSSR count). The summed E-state index contributed by atoms with van der Waals surface area (Å²) in [6.07, 6.45) is 4.99. The minimum atomic E-state index is -0.204. The highest BCUT2D eigenvalue weighted by Crippen LogP contribution is 2.30. The number of amides is 3. The molecule has 0 bridgehead atoms. The molecule has 21 nitrogen and oxygen atoms in total. The van der Waals surface area contributed by atoms with E-state index in [1.54, 1.807) is 52.1 Å². The molecule has 21 heteroatoms. The van der Waals surface area contributed by atoms with E-state index in [1.165, 1.54) is 0 Å². The summed E-state index contributed by atoms with van der Waals surface area (Å²) in [5.74, 6) is 0.338. The zero-order chi connectivity index (χ0) is 40.7. The van der Waals surface area contributed by atoms with Crippen LogP contribution in [0.15, 0.2) is 35.0 Å². The molecular weight excluding hydrogens is 738 g/mol. The quantitative estimate of drug-likeness (QED) is 0.0288. The number of hydrogen-bond donors (Lipinski definition) is 7. The Bertz CT molecular complexity index is 1960. The van der Waals surface area contributed by atoms with Crippen LogP contribution >= 0.6 is 0 Å². The first-order valence-electron chi connectivity index (χ1n) is 18.8. The Morgan fingerprint density at radius 1 is 0.947 bits per heavy atom. The van der Waals surface area contributed by atoms with Crippen LogP contribution in [0, 0.1) is 5.41 Å². The summed E-state index contributed by atoms with van der Waals surface area (Å²) in [5, 5.41) is 18.3. The monoisotopic (exact) mass is 791 g/mol. The van der Waals surface area contributed by atoms with Crippen LogP contribution in [-0.4, -0.2) is 144 Å². The number of hydrogen-bond acceptors (Lipinski definition) is 16. The molecule has 57 heavy (non-hydrogen) atoms. The zero-order valence-electron chi connectivity index (χ0n) is 32.2. The molecule has 308 valence electrons. The molecule has 4 aromatic rings. The van der Waals surface area contributed by atoms with Gasteiger partial charge in [0.05, 0.1) is 45.1 Å². The first-order valence-corrected chi connectivity index (χ1v) is 18.8. The van der Waals surface area contributed by atoms with Crippen molar-refractivity contribution < 1.29 is 28.3 Å². The van der Waals surface area contributed by atoms with Gasteiger partial charge in [0.15, 0.2) is 5.58 Å². The number of aromatic nitrogens is 5. The number of carbonyl (C=O) groups is 3. The Kier molecular flexibility index (Phi) is 15.5. The predicted octanol–water partition coefficient (Wildman–Crippen LogP) is -0.895. The van der Waals surface area contributed by atoms with Crippen molar-refractivity contribution in [2.45, 2.75) is 32.4 Å². The van der Waals surface area contributed by atoms with Crippen molar-refractivity contribution >= 4 is 52.4 Å². The first kappa shape index (κ1) is 42.2. The lowest BCUT2D eigenvalue weighted by Crippen LogP contribution is -2.52. The van der Waals surface area contributed by atoms with Crippen LogP contribution in [0.25, 0.3) is 22.4 Å². The van der Waals surface area contributed by atoms with E-state index in [1.807, 2.05) is 4.90 Å². The average Bonchev–Trinajstić information content (AvgIpc) is 3.74. The number of oxazole rings is 1. The van der Waals surface area contributed by atoms with E-state index < -0.39 is 0 Å². The van der Waals surface area contributed by atoms with E-state index in [0.717, 1.165) is 5.56 Å². The van der Waals surface area contributed by atoms with E-state index >= 15 is 0 Å². The number of aryl methyl sites for hydroxylation is 1. The number of anilines is 3. The molecule has 11 N–H and O–H groups in total. The van der Waals surface area contributed by atoms with Crippen LogP contribution in [0.3, 0.4) is 0 Å². The van der Waals surface area contributed by atoms with E-state index in [9.17, 15) is 14.4 Å². The maximum absolute atomic E-state index is 12.8. The van der Waals surface area contributed by atoms with Crippen molar-refractivity contribution in [1.82, 2.24) is 45.2 Å². The third kappa shape index (κ3) is 12.3. The lowest BCUT2D eigenvalue weighted by atomic mass is 10.1. The first-order chi connectivity index (χ1) is 27.5. The summed E-state index contributed by atoms with van der Waals surface area (Å²) in [6, 6.07) is 5.31. The van der Waals surface area contributed by atoms with Crippen molar-refractivity contribution in [2.24, 2.45) is 11.5 Å². The summed E-state index contributed by atoms with van der Waals surface area (Å²) in [7, 11) is 1.73. The summed E-state index contributed by atoms with van der Waals surface area (Å²) in [5.41, 5.74) is 26.9. The number of ether oxygens (including phenoxy) is 2. The molecule has 1 aliphatic heterocycles. The molecule has 1 fully saturated rings. The molecule has 3 aromatic heterocycles. The van der Waals surface area contributed by atoms with Crippen LogP contribution in [-0.2, 0) is 36.9 Å². The van der Waals surface area contributed by atoms with E-state index in [2.05, 4.69) is 30.7 Å². The molecule has 1 aliphatic rings. The highest BCUT2D eigenvalue weighted by molar-refractivity contribution is 6.05. The van der Waals surface area contributed by atoms with Crippen molar-refractivity contribution in [1.29, 1.82) is 5.41 Å². The lowest BCUT2D eigenvalue weighted by Gasteiger charge is -2.35. The SMILES string of the molecule is CN(CC(=O)NCCOCCOCCC(=O)NCCCCn1nc(-c2ccc3oc(N)nc3c2)c(C(=N)N)c1N)CC(=O)N1CCN(c2ncc(CN)cn2)CC1. The predicted molar refractivity (Wildman–Crippen MR) is 213 cm³/mol. The molecule has 0 atom stereocenters. The largest absolute Gasteiger partial charge is 0.424 e. The number of amidine groups is 1. The van der Waals surface area contributed by atoms with Crippen molar-refractivity contribution in [3.8, 4) is 11.3 Å². The smallest absolute Gasteiger partial charge is 0.292 e. The van der Waals surface area contributed by atoms with Gasteiger partial charge < -0.3 is 57.3 Å². The maximum Gasteiger partial charge on any atom is 0.292 e. The molecule has 4 heterocycles. The number of likely N-dealkylation sites (N-methyl/N-ethyl adjacent to an activating group) is 1. The third-order valence-electron chi connectivity index (χ3n) is 9.13. The van der Waals surface area contributed by atoms with Gasteiger partial charge in [-0.05, 0) is 38.1 Å². The second-order valence-corrected chi connectivity index (χ2v) is 13.5. The molecule has 0 radical (unpaired) electrons. The van der Waals surface area contributed by atoms with Crippen molar-refractivity contribution in [2.75, 3.05) is 102 Å². The number of benzene rings is 1. The molecule has 0 saturated carbocycles. The fourth-order valence-electron chi connectivity index (χ4n) is 6.12. The summed E-state index contributed by atoms with van der Waals surface area (Å²) >= 11 is 0. The van der Waals surface area contributed by atoms with Gasteiger partial charge in [-0.2, -0.15) is 10.1 Å². The van der Waals surface area contributed by atoms with Gasteiger partial charge in [-0.25, -0.2) is 14.6 Å². The van der Waals surface area contributed by atoms with E-state index in [-0.39, 0.29) is 61.5 Å². The van der Waals surface area contributed by atoms with Crippen LogP contribution < -0.4 is 38.5 Å². The second-order valence-electron chi connectivity index (χ2n) is 13.5. The molecule has 3 amide bonds. The molecule has 0 aliphatic carbocycles. The number of fused-ring (bicyclic) bond motifs is 1. The maximum atomic E-state index is 12.8. The fourth-order valence-corrected chi connectivity index (χ4v) is 6.12. The highest BCUT2D eigenvalue weighted by atomic mass is 16.5. The third-order valence-corrected chi connectivity index (χ3v) is 9.13. The minimum Gasteiger partial charge on any atom is -0.424 e. The van der Waals surface area contributed by atoms with E-state index in [4.69, 9.17) is 42.2 Å². The van der Waals surface area contributed by atoms with Gasteiger partial charge >= 0.3 is 0 Å². The summed E-state index contributed by atoms with van der Waals surface area (Å²) in [4.78, 5) is 55.7. The van der Waals surface area contributed by atoms with Gasteiger partial charge in [0.1, 0.15) is 22.9 Å². The number of rotatable bonds is 22. The van der Waals surface area contributed by atoms with Crippen LogP contribution in [0.4, 0.5) is 17.8 Å². The molecule has 0 unspecified atom stereocenters. The normalized spacial score (nSPS) is 13.0. The summed E-state index contributed by atoms with van der Waals surface area (Å²) in [6.45, 7) is 5.40. The Labute approximate surface area is 329 Å². The van der Waals surface area contributed by atoms with Gasteiger partial charge in [0.2, 0.25) is 23.7 Å². The van der Waals surface area contributed by atoms with Gasteiger partial charge in [-0.3, -0.25) is 24.7 Å². The molecule has 0 spiro atoms. The topological polar surface area (TPSA) is 301 Å². The number of nitrogens with zero attached hydrogens (tertiary/aromatic N) is 8. The Morgan fingerprint density at radius 3 is 2.39 bits per heavy atom.